The largest absolute Gasteiger partial charge is 0.324 e. The van der Waals surface area contributed by atoms with E-state index in [1.807, 2.05) is 0 Å². The Labute approximate surface area is 94.4 Å². The first-order valence-electron chi connectivity index (χ1n) is 5.39. The van der Waals surface area contributed by atoms with Crippen LogP contribution in [-0.4, -0.2) is 0 Å². The van der Waals surface area contributed by atoms with Gasteiger partial charge in [0.1, 0.15) is 5.82 Å². The summed E-state index contributed by atoms with van der Waals surface area (Å²) in [6, 6.07) is 4.79. The minimum absolute atomic E-state index is 0.00519. The van der Waals surface area contributed by atoms with E-state index in [4.69, 9.17) is 17.3 Å². The molecule has 1 atom stereocenters. The molecule has 1 aliphatic rings. The Morgan fingerprint density at radius 3 is 2.60 bits per heavy atom. The third-order valence-electron chi connectivity index (χ3n) is 3.24. The fourth-order valence-electron chi connectivity index (χ4n) is 2.31. The van der Waals surface area contributed by atoms with Crippen molar-refractivity contribution in [3.05, 3.63) is 34.6 Å². The zero-order chi connectivity index (χ0) is 10.8. The van der Waals surface area contributed by atoms with E-state index in [0.29, 0.717) is 5.92 Å². The Morgan fingerprint density at radius 1 is 1.33 bits per heavy atom. The first-order chi connectivity index (χ1) is 7.18. The second-order valence-electron chi connectivity index (χ2n) is 4.24. The van der Waals surface area contributed by atoms with Crippen LogP contribution in [0, 0.1) is 11.7 Å². The fourth-order valence-corrected chi connectivity index (χ4v) is 2.50. The average molecular weight is 228 g/mol. The molecular weight excluding hydrogens is 213 g/mol. The molecule has 3 heteroatoms. The summed E-state index contributed by atoms with van der Waals surface area (Å²) >= 11 is 5.73. The van der Waals surface area contributed by atoms with Crippen molar-refractivity contribution in [3.8, 4) is 0 Å². The molecule has 1 saturated carbocycles. The summed E-state index contributed by atoms with van der Waals surface area (Å²) in [5.74, 6) is 0.158. The first-order valence-corrected chi connectivity index (χ1v) is 5.77. The highest BCUT2D eigenvalue weighted by Crippen LogP contribution is 2.34. The molecular formula is C12H15ClFN. The Hall–Kier alpha value is -0.600. The molecule has 0 aliphatic heterocycles. The molecule has 1 nitrogen and oxygen atoms in total. The van der Waals surface area contributed by atoms with Crippen molar-refractivity contribution in [2.75, 3.05) is 0 Å². The van der Waals surface area contributed by atoms with Crippen molar-refractivity contribution in [1.82, 2.24) is 0 Å². The van der Waals surface area contributed by atoms with Crippen molar-refractivity contribution in [3.63, 3.8) is 0 Å². The number of hydrogen-bond acceptors (Lipinski definition) is 1. The summed E-state index contributed by atoms with van der Waals surface area (Å²) in [5.41, 5.74) is 7.09. The molecule has 1 fully saturated rings. The number of halogens is 2. The van der Waals surface area contributed by atoms with Crippen LogP contribution in [0.1, 0.15) is 37.3 Å². The second-order valence-corrected chi connectivity index (χ2v) is 4.65. The van der Waals surface area contributed by atoms with Crippen LogP contribution in [-0.2, 0) is 0 Å². The van der Waals surface area contributed by atoms with E-state index in [2.05, 4.69) is 0 Å². The SMILES string of the molecule is N[C@H](c1ccc(F)c(Cl)c1)C1CCCC1. The van der Waals surface area contributed by atoms with E-state index < -0.39 is 0 Å². The maximum absolute atomic E-state index is 13.0. The van der Waals surface area contributed by atoms with Gasteiger partial charge in [0.15, 0.2) is 0 Å². The molecule has 0 aromatic heterocycles. The van der Waals surface area contributed by atoms with Crippen LogP contribution in [0.4, 0.5) is 4.39 Å². The van der Waals surface area contributed by atoms with Gasteiger partial charge in [-0.25, -0.2) is 4.39 Å². The number of nitrogens with two attached hydrogens (primary N) is 1. The van der Waals surface area contributed by atoms with Gasteiger partial charge in [-0.05, 0) is 36.5 Å². The quantitative estimate of drug-likeness (QED) is 0.820. The number of benzene rings is 1. The van der Waals surface area contributed by atoms with Crippen LogP contribution < -0.4 is 5.73 Å². The number of hydrogen-bond donors (Lipinski definition) is 1. The number of rotatable bonds is 2. The summed E-state index contributed by atoms with van der Waals surface area (Å²) in [6.45, 7) is 0. The van der Waals surface area contributed by atoms with Gasteiger partial charge in [-0.1, -0.05) is 30.5 Å². The zero-order valence-corrected chi connectivity index (χ0v) is 9.30. The van der Waals surface area contributed by atoms with Crippen molar-refractivity contribution in [1.29, 1.82) is 0 Å². The Morgan fingerprint density at radius 2 is 2.00 bits per heavy atom. The average Bonchev–Trinajstić information content (AvgIpc) is 2.74. The molecule has 0 radical (unpaired) electrons. The van der Waals surface area contributed by atoms with Gasteiger partial charge in [-0.2, -0.15) is 0 Å². The maximum atomic E-state index is 13.0. The highest BCUT2D eigenvalue weighted by Gasteiger charge is 2.23. The molecule has 1 aromatic carbocycles. The molecule has 0 amide bonds. The van der Waals surface area contributed by atoms with Gasteiger partial charge in [-0.15, -0.1) is 0 Å². The zero-order valence-electron chi connectivity index (χ0n) is 8.55. The smallest absolute Gasteiger partial charge is 0.141 e. The van der Waals surface area contributed by atoms with Gasteiger partial charge in [0.25, 0.3) is 0 Å². The van der Waals surface area contributed by atoms with Crippen molar-refractivity contribution < 1.29 is 4.39 Å². The minimum Gasteiger partial charge on any atom is -0.324 e. The van der Waals surface area contributed by atoms with Gasteiger partial charge in [0, 0.05) is 6.04 Å². The lowest BCUT2D eigenvalue weighted by Crippen LogP contribution is -2.19. The molecule has 0 bridgehead atoms. The summed E-state index contributed by atoms with van der Waals surface area (Å²) in [6.07, 6.45) is 4.87. The van der Waals surface area contributed by atoms with E-state index in [1.165, 1.54) is 31.7 Å². The van der Waals surface area contributed by atoms with Crippen LogP contribution in [0.5, 0.6) is 0 Å². The molecule has 1 aromatic rings. The summed E-state index contributed by atoms with van der Waals surface area (Å²) < 4.78 is 13.0. The van der Waals surface area contributed by atoms with Crippen molar-refractivity contribution in [2.45, 2.75) is 31.7 Å². The summed E-state index contributed by atoms with van der Waals surface area (Å²) in [4.78, 5) is 0. The van der Waals surface area contributed by atoms with E-state index >= 15 is 0 Å². The molecule has 0 saturated heterocycles. The maximum Gasteiger partial charge on any atom is 0.141 e. The lowest BCUT2D eigenvalue weighted by atomic mass is 9.92. The van der Waals surface area contributed by atoms with Crippen LogP contribution in [0.3, 0.4) is 0 Å². The summed E-state index contributed by atoms with van der Waals surface area (Å²) in [7, 11) is 0. The first kappa shape index (κ1) is 10.9. The van der Waals surface area contributed by atoms with Crippen LogP contribution in [0.25, 0.3) is 0 Å². The van der Waals surface area contributed by atoms with Gasteiger partial charge in [-0.3, -0.25) is 0 Å². The monoisotopic (exact) mass is 227 g/mol. The molecule has 1 aliphatic carbocycles. The van der Waals surface area contributed by atoms with Gasteiger partial charge < -0.3 is 5.73 Å². The topological polar surface area (TPSA) is 26.0 Å². The molecule has 2 rings (SSSR count). The van der Waals surface area contributed by atoms with E-state index in [1.54, 1.807) is 12.1 Å². The Kier molecular flexibility index (Phi) is 3.27. The molecule has 0 heterocycles. The molecule has 2 N–H and O–H groups in total. The predicted molar refractivity (Wildman–Crippen MR) is 60.3 cm³/mol. The third kappa shape index (κ3) is 2.32. The Bertz CT molecular complexity index is 347. The van der Waals surface area contributed by atoms with E-state index in [9.17, 15) is 4.39 Å². The second kappa shape index (κ2) is 4.50. The van der Waals surface area contributed by atoms with Crippen LogP contribution in [0.2, 0.25) is 5.02 Å². The molecule has 0 unspecified atom stereocenters. The molecule has 82 valence electrons. The fraction of sp³-hybridized carbons (Fsp3) is 0.500. The lowest BCUT2D eigenvalue weighted by molar-refractivity contribution is 0.444. The van der Waals surface area contributed by atoms with Crippen molar-refractivity contribution >= 4 is 11.6 Å². The summed E-state index contributed by atoms with van der Waals surface area (Å²) in [5, 5.41) is 0.168. The van der Waals surface area contributed by atoms with E-state index in [0.717, 1.165) is 5.56 Å². The van der Waals surface area contributed by atoms with Gasteiger partial charge in [0.2, 0.25) is 0 Å². The van der Waals surface area contributed by atoms with E-state index in [-0.39, 0.29) is 16.9 Å². The highest BCUT2D eigenvalue weighted by atomic mass is 35.5. The van der Waals surface area contributed by atoms with Crippen LogP contribution in [0.15, 0.2) is 18.2 Å². The standard InChI is InChI=1S/C12H15ClFN/c13-10-7-9(5-6-11(10)14)12(15)8-3-1-2-4-8/h5-8,12H,1-4,15H2/t12-/m0/s1. The minimum atomic E-state index is -0.376. The van der Waals surface area contributed by atoms with Gasteiger partial charge >= 0.3 is 0 Å². The molecule has 0 spiro atoms. The predicted octanol–water partition coefficient (Wildman–Crippen LogP) is 3.67. The Balaban J connectivity index is 2.17. The normalized spacial score (nSPS) is 19.4. The lowest BCUT2D eigenvalue weighted by Gasteiger charge is -2.19. The van der Waals surface area contributed by atoms with Crippen molar-refractivity contribution in [2.24, 2.45) is 11.7 Å². The highest BCUT2D eigenvalue weighted by molar-refractivity contribution is 6.30. The molecule has 15 heavy (non-hydrogen) atoms. The van der Waals surface area contributed by atoms with Gasteiger partial charge in [0.05, 0.1) is 5.02 Å². The van der Waals surface area contributed by atoms with Crippen LogP contribution >= 0.6 is 11.6 Å². The third-order valence-corrected chi connectivity index (χ3v) is 3.53.